The average Bonchev–Trinajstić information content (AvgIpc) is 2.96. The lowest BCUT2D eigenvalue weighted by atomic mass is 10.2. The van der Waals surface area contributed by atoms with Gasteiger partial charge in [0.2, 0.25) is 5.91 Å². The number of amides is 1. The van der Waals surface area contributed by atoms with Crippen LogP contribution in [0.1, 0.15) is 28.5 Å². The first-order valence-electron chi connectivity index (χ1n) is 6.67. The van der Waals surface area contributed by atoms with Crippen molar-refractivity contribution in [2.75, 3.05) is 5.32 Å². The van der Waals surface area contributed by atoms with Crippen molar-refractivity contribution in [3.05, 3.63) is 38.2 Å². The largest absolute Gasteiger partial charge is 0.325 e. The molecule has 2 aromatic heterocycles. The van der Waals surface area contributed by atoms with E-state index in [1.807, 2.05) is 22.8 Å². The molecule has 2 aromatic rings. The van der Waals surface area contributed by atoms with Crippen LogP contribution in [0.25, 0.3) is 0 Å². The van der Waals surface area contributed by atoms with Crippen molar-refractivity contribution in [1.29, 1.82) is 0 Å². The monoisotopic (exact) mass is 308 g/mol. The Morgan fingerprint density at radius 1 is 1.35 bits per heavy atom. The minimum atomic E-state index is -0.0215. The summed E-state index contributed by atoms with van der Waals surface area (Å²) < 4.78 is 0. The summed E-state index contributed by atoms with van der Waals surface area (Å²) in [5, 5.41) is 8.40. The van der Waals surface area contributed by atoms with Crippen LogP contribution in [0.5, 0.6) is 0 Å². The third-order valence-corrected chi connectivity index (χ3v) is 4.91. The Morgan fingerprint density at radius 2 is 2.15 bits per heavy atom. The second-order valence-corrected chi connectivity index (χ2v) is 7.31. The summed E-state index contributed by atoms with van der Waals surface area (Å²) in [4.78, 5) is 15.1. The van der Waals surface area contributed by atoms with E-state index in [4.69, 9.17) is 0 Å². The van der Waals surface area contributed by atoms with Gasteiger partial charge in [0.25, 0.3) is 0 Å². The normalized spacial score (nSPS) is 12.3. The highest BCUT2D eigenvalue weighted by molar-refractivity contribution is 7.11. The number of nitrogens with one attached hydrogen (secondary N) is 2. The summed E-state index contributed by atoms with van der Waals surface area (Å²) in [5.74, 6) is -0.0215. The minimum Gasteiger partial charge on any atom is -0.325 e. The number of carbonyl (C=O) groups excluding carboxylic acids is 1. The maximum Gasteiger partial charge on any atom is 0.221 e. The molecule has 0 saturated heterocycles. The minimum absolute atomic E-state index is 0.0215. The quantitative estimate of drug-likeness (QED) is 0.852. The molecule has 0 aliphatic carbocycles. The van der Waals surface area contributed by atoms with Gasteiger partial charge in [-0.25, -0.2) is 0 Å². The van der Waals surface area contributed by atoms with E-state index in [0.29, 0.717) is 6.04 Å². The molecule has 0 fully saturated rings. The Kier molecular flexibility index (Phi) is 5.34. The fourth-order valence-corrected chi connectivity index (χ4v) is 3.81. The lowest BCUT2D eigenvalue weighted by Crippen LogP contribution is -2.27. The Morgan fingerprint density at radius 3 is 2.80 bits per heavy atom. The first-order valence-corrected chi connectivity index (χ1v) is 8.37. The molecule has 2 rings (SSSR count). The molecule has 1 amide bonds. The first kappa shape index (κ1) is 15.2. The van der Waals surface area contributed by atoms with Crippen molar-refractivity contribution in [2.24, 2.45) is 0 Å². The van der Waals surface area contributed by atoms with Crippen LogP contribution >= 0.6 is 22.7 Å². The molecule has 5 heteroatoms. The maximum atomic E-state index is 11.1. The topological polar surface area (TPSA) is 41.1 Å². The molecule has 1 atom stereocenters. The van der Waals surface area contributed by atoms with Gasteiger partial charge in [-0.1, -0.05) is 0 Å². The number of anilines is 1. The molecule has 108 valence electrons. The van der Waals surface area contributed by atoms with Crippen LogP contribution in [0, 0.1) is 6.92 Å². The molecule has 0 aliphatic rings. The van der Waals surface area contributed by atoms with Crippen molar-refractivity contribution in [2.45, 2.75) is 39.8 Å². The summed E-state index contributed by atoms with van der Waals surface area (Å²) in [6.45, 7) is 6.66. The molecule has 2 N–H and O–H groups in total. The van der Waals surface area contributed by atoms with Gasteiger partial charge in [0.1, 0.15) is 0 Å². The van der Waals surface area contributed by atoms with Gasteiger partial charge in [-0.3, -0.25) is 4.79 Å². The third kappa shape index (κ3) is 4.44. The van der Waals surface area contributed by atoms with E-state index in [1.165, 1.54) is 21.6 Å². The lowest BCUT2D eigenvalue weighted by molar-refractivity contribution is -0.114. The van der Waals surface area contributed by atoms with E-state index in [9.17, 15) is 4.79 Å². The number of hydrogen-bond acceptors (Lipinski definition) is 4. The van der Waals surface area contributed by atoms with Crippen molar-refractivity contribution in [3.63, 3.8) is 0 Å². The van der Waals surface area contributed by atoms with Crippen LogP contribution in [-0.4, -0.2) is 11.9 Å². The van der Waals surface area contributed by atoms with E-state index in [2.05, 4.69) is 36.6 Å². The van der Waals surface area contributed by atoms with Gasteiger partial charge in [-0.05, 0) is 43.8 Å². The van der Waals surface area contributed by atoms with Gasteiger partial charge in [0, 0.05) is 34.1 Å². The Balaban J connectivity index is 1.85. The molecular formula is C15H20N2OS2. The zero-order valence-electron chi connectivity index (χ0n) is 12.0. The standard InChI is InChI=1S/C15H20N2OS2/c1-10(8-13-5-4-11(2)20-13)16-9-15-14(6-7-19-15)17-12(3)18/h4-7,10,16H,8-9H2,1-3H3,(H,17,18). The first-order chi connectivity index (χ1) is 9.54. The highest BCUT2D eigenvalue weighted by Gasteiger charge is 2.09. The van der Waals surface area contributed by atoms with E-state index < -0.39 is 0 Å². The van der Waals surface area contributed by atoms with Gasteiger partial charge in [-0.2, -0.15) is 0 Å². The predicted octanol–water partition coefficient (Wildman–Crippen LogP) is 3.80. The van der Waals surface area contributed by atoms with Crippen molar-refractivity contribution < 1.29 is 4.79 Å². The third-order valence-electron chi connectivity index (χ3n) is 2.97. The summed E-state index contributed by atoms with van der Waals surface area (Å²) >= 11 is 3.53. The Hall–Kier alpha value is -1.17. The van der Waals surface area contributed by atoms with Crippen molar-refractivity contribution >= 4 is 34.3 Å². The highest BCUT2D eigenvalue weighted by atomic mass is 32.1. The van der Waals surface area contributed by atoms with E-state index >= 15 is 0 Å². The maximum absolute atomic E-state index is 11.1. The summed E-state index contributed by atoms with van der Waals surface area (Å²) in [6.07, 6.45) is 1.04. The van der Waals surface area contributed by atoms with Crippen LogP contribution in [0.4, 0.5) is 5.69 Å². The SMILES string of the molecule is CC(=O)Nc1ccsc1CNC(C)Cc1ccc(C)s1. The lowest BCUT2D eigenvalue weighted by Gasteiger charge is -2.13. The number of aryl methyl sites for hydroxylation is 1. The summed E-state index contributed by atoms with van der Waals surface area (Å²) in [6, 6.07) is 6.74. The number of thiophene rings is 2. The van der Waals surface area contributed by atoms with E-state index in [-0.39, 0.29) is 5.91 Å². The molecule has 0 bridgehead atoms. The van der Waals surface area contributed by atoms with Gasteiger partial charge >= 0.3 is 0 Å². The van der Waals surface area contributed by atoms with Crippen molar-refractivity contribution in [1.82, 2.24) is 5.32 Å². The Labute approximate surface area is 128 Å². The van der Waals surface area contributed by atoms with E-state index in [0.717, 1.165) is 18.7 Å². The molecule has 2 heterocycles. The zero-order valence-corrected chi connectivity index (χ0v) is 13.7. The second-order valence-electron chi connectivity index (χ2n) is 4.94. The molecule has 1 unspecified atom stereocenters. The molecular weight excluding hydrogens is 288 g/mol. The summed E-state index contributed by atoms with van der Waals surface area (Å²) in [7, 11) is 0. The molecule has 0 saturated carbocycles. The van der Waals surface area contributed by atoms with Crippen LogP contribution in [-0.2, 0) is 17.8 Å². The fourth-order valence-electron chi connectivity index (χ4n) is 2.01. The van der Waals surface area contributed by atoms with Crippen LogP contribution in [0.2, 0.25) is 0 Å². The van der Waals surface area contributed by atoms with Gasteiger partial charge in [0.05, 0.1) is 5.69 Å². The predicted molar refractivity (Wildman–Crippen MR) is 87.7 cm³/mol. The zero-order chi connectivity index (χ0) is 14.5. The van der Waals surface area contributed by atoms with E-state index in [1.54, 1.807) is 11.3 Å². The molecule has 20 heavy (non-hydrogen) atoms. The molecule has 3 nitrogen and oxygen atoms in total. The smallest absolute Gasteiger partial charge is 0.221 e. The van der Waals surface area contributed by atoms with Crippen LogP contribution in [0.15, 0.2) is 23.6 Å². The average molecular weight is 308 g/mol. The van der Waals surface area contributed by atoms with Gasteiger partial charge in [0.15, 0.2) is 0 Å². The Bertz CT molecular complexity index is 574. The second kappa shape index (κ2) is 7.02. The number of rotatable bonds is 6. The fraction of sp³-hybridized carbons (Fsp3) is 0.400. The van der Waals surface area contributed by atoms with Gasteiger partial charge < -0.3 is 10.6 Å². The summed E-state index contributed by atoms with van der Waals surface area (Å²) in [5.41, 5.74) is 0.925. The number of hydrogen-bond donors (Lipinski definition) is 2. The number of carbonyl (C=O) groups is 1. The van der Waals surface area contributed by atoms with Crippen LogP contribution in [0.3, 0.4) is 0 Å². The molecule has 0 aromatic carbocycles. The molecule has 0 spiro atoms. The van der Waals surface area contributed by atoms with Gasteiger partial charge in [-0.15, -0.1) is 22.7 Å². The molecule has 0 radical (unpaired) electrons. The van der Waals surface area contributed by atoms with Crippen molar-refractivity contribution in [3.8, 4) is 0 Å². The molecule has 0 aliphatic heterocycles. The van der Waals surface area contributed by atoms with Crippen LogP contribution < -0.4 is 10.6 Å². The highest BCUT2D eigenvalue weighted by Crippen LogP contribution is 2.22.